The lowest BCUT2D eigenvalue weighted by Crippen LogP contribution is -2.33. The second-order valence-electron chi connectivity index (χ2n) is 7.88. The number of anilines is 2. The molecule has 0 fully saturated rings. The number of aromatic nitrogens is 4. The van der Waals surface area contributed by atoms with Crippen molar-refractivity contribution < 1.29 is 13.9 Å². The number of benzene rings is 1. The molecular formula is C23H21ClFN7O2. The Morgan fingerprint density at radius 3 is 2.85 bits per heavy atom. The Morgan fingerprint density at radius 1 is 1.21 bits per heavy atom. The van der Waals surface area contributed by atoms with Crippen LogP contribution < -0.4 is 20.7 Å². The Hall–Kier alpha value is -3.92. The number of nitrogens with zero attached hydrogens (tertiary/aromatic N) is 4. The molecule has 3 aromatic heterocycles. The summed E-state index contributed by atoms with van der Waals surface area (Å²) in [6.07, 6.45) is 3.92. The molecule has 34 heavy (non-hydrogen) atoms. The number of carbonyl (C=O) groups is 1. The number of carbonyl (C=O) groups excluding carboxylic acids is 1. The minimum absolute atomic E-state index is 0.181. The van der Waals surface area contributed by atoms with Crippen LogP contribution >= 0.6 is 11.6 Å². The van der Waals surface area contributed by atoms with Gasteiger partial charge in [0, 0.05) is 42.2 Å². The van der Waals surface area contributed by atoms with Gasteiger partial charge in [0.1, 0.15) is 23.3 Å². The standard InChI is InChI=1S/C23H21ClFN7O2/c1-12-7-28-22(33)17-10-30-32-11-18(16-4-3-15(26-2)6-19(16)24)20(31-21(17)32)27-8-13-5-14(25)9-29-23(13)34-12/h3-6,9-12,26H,7-8H2,1-2H3,(H,27,31)(H,28,33)/t12-/m0/s1. The summed E-state index contributed by atoms with van der Waals surface area (Å²) in [4.78, 5) is 21.6. The number of amides is 1. The number of fused-ring (bicyclic) bond motifs is 2. The first-order valence-corrected chi connectivity index (χ1v) is 11.0. The molecule has 5 rings (SSSR count). The smallest absolute Gasteiger partial charge is 0.256 e. The summed E-state index contributed by atoms with van der Waals surface area (Å²) in [5.74, 6) is -0.0954. The second-order valence-corrected chi connectivity index (χ2v) is 8.29. The van der Waals surface area contributed by atoms with Gasteiger partial charge in [-0.15, -0.1) is 0 Å². The van der Waals surface area contributed by atoms with Crippen LogP contribution in [-0.4, -0.2) is 45.2 Å². The summed E-state index contributed by atoms with van der Waals surface area (Å²) >= 11 is 6.58. The van der Waals surface area contributed by atoms with Crippen molar-refractivity contribution in [3.8, 4) is 17.0 Å². The van der Waals surface area contributed by atoms with Gasteiger partial charge in [-0.25, -0.2) is 18.9 Å². The van der Waals surface area contributed by atoms with E-state index in [0.29, 0.717) is 38.7 Å². The van der Waals surface area contributed by atoms with E-state index < -0.39 is 11.9 Å². The van der Waals surface area contributed by atoms with Gasteiger partial charge in [0.2, 0.25) is 5.88 Å². The number of hydrogen-bond acceptors (Lipinski definition) is 7. The lowest BCUT2D eigenvalue weighted by Gasteiger charge is -2.17. The normalized spacial score (nSPS) is 15.9. The highest BCUT2D eigenvalue weighted by molar-refractivity contribution is 6.33. The quantitative estimate of drug-likeness (QED) is 0.400. The van der Waals surface area contributed by atoms with Gasteiger partial charge in [-0.1, -0.05) is 17.7 Å². The molecule has 0 spiro atoms. The van der Waals surface area contributed by atoms with Gasteiger partial charge in [-0.3, -0.25) is 4.79 Å². The highest BCUT2D eigenvalue weighted by Crippen LogP contribution is 2.35. The van der Waals surface area contributed by atoms with Crippen molar-refractivity contribution in [2.45, 2.75) is 19.6 Å². The number of nitrogens with one attached hydrogen (secondary N) is 3. The van der Waals surface area contributed by atoms with Crippen LogP contribution in [0, 0.1) is 5.82 Å². The highest BCUT2D eigenvalue weighted by Gasteiger charge is 2.21. The number of halogens is 2. The van der Waals surface area contributed by atoms with Crippen molar-refractivity contribution in [2.75, 3.05) is 24.2 Å². The fraction of sp³-hybridized carbons (Fsp3) is 0.217. The van der Waals surface area contributed by atoms with Crippen molar-refractivity contribution in [3.63, 3.8) is 0 Å². The van der Waals surface area contributed by atoms with E-state index in [2.05, 4.69) is 26.0 Å². The maximum Gasteiger partial charge on any atom is 0.256 e. The average Bonchev–Trinajstić information content (AvgIpc) is 3.24. The number of pyridine rings is 1. The monoisotopic (exact) mass is 481 g/mol. The number of ether oxygens (including phenoxy) is 1. The number of rotatable bonds is 2. The minimum atomic E-state index is -0.484. The average molecular weight is 482 g/mol. The van der Waals surface area contributed by atoms with Crippen molar-refractivity contribution >= 4 is 34.7 Å². The zero-order chi connectivity index (χ0) is 23.8. The zero-order valence-corrected chi connectivity index (χ0v) is 19.2. The fourth-order valence-corrected chi connectivity index (χ4v) is 4.02. The topological polar surface area (TPSA) is 105 Å². The van der Waals surface area contributed by atoms with E-state index >= 15 is 0 Å². The molecule has 0 unspecified atom stereocenters. The summed E-state index contributed by atoms with van der Waals surface area (Å²) < 4.78 is 21.4. The molecule has 3 N–H and O–H groups in total. The molecule has 0 radical (unpaired) electrons. The Bertz CT molecular complexity index is 1410. The molecule has 1 atom stereocenters. The molecule has 0 saturated carbocycles. The second kappa shape index (κ2) is 8.79. The first kappa shape index (κ1) is 21.9. The summed E-state index contributed by atoms with van der Waals surface area (Å²) in [6.45, 7) is 2.20. The van der Waals surface area contributed by atoms with E-state index in [1.807, 2.05) is 19.2 Å². The van der Waals surface area contributed by atoms with E-state index in [-0.39, 0.29) is 24.9 Å². The van der Waals surface area contributed by atoms with Gasteiger partial charge >= 0.3 is 0 Å². The van der Waals surface area contributed by atoms with Crippen LogP contribution in [0.3, 0.4) is 0 Å². The molecule has 1 aliphatic rings. The van der Waals surface area contributed by atoms with Crippen LogP contribution in [-0.2, 0) is 6.54 Å². The van der Waals surface area contributed by atoms with Crippen molar-refractivity contribution in [1.29, 1.82) is 0 Å². The summed E-state index contributed by atoms with van der Waals surface area (Å²) in [5, 5.41) is 14.0. The van der Waals surface area contributed by atoms with Crippen molar-refractivity contribution in [1.82, 2.24) is 24.9 Å². The van der Waals surface area contributed by atoms with Crippen LogP contribution in [0.1, 0.15) is 22.8 Å². The van der Waals surface area contributed by atoms with Gasteiger partial charge in [0.25, 0.3) is 5.91 Å². The van der Waals surface area contributed by atoms with Gasteiger partial charge < -0.3 is 20.7 Å². The molecule has 4 aromatic rings. The molecule has 0 aliphatic carbocycles. The third kappa shape index (κ3) is 4.08. The SMILES string of the molecule is CNc1ccc(-c2cn3ncc4c3nc2NCc2cc(F)cnc2O[C@@H](C)CNC4=O)c(Cl)c1. The lowest BCUT2D eigenvalue weighted by molar-refractivity contribution is 0.0932. The van der Waals surface area contributed by atoms with Gasteiger partial charge in [0.05, 0.1) is 24.0 Å². The van der Waals surface area contributed by atoms with E-state index in [9.17, 15) is 9.18 Å². The summed E-state index contributed by atoms with van der Waals surface area (Å²) in [6, 6.07) is 6.92. The third-order valence-corrected chi connectivity index (χ3v) is 5.80. The van der Waals surface area contributed by atoms with Crippen LogP contribution in [0.2, 0.25) is 5.02 Å². The highest BCUT2D eigenvalue weighted by atomic mass is 35.5. The predicted molar refractivity (Wildman–Crippen MR) is 127 cm³/mol. The molecule has 1 aliphatic heterocycles. The maximum absolute atomic E-state index is 14.0. The van der Waals surface area contributed by atoms with Crippen LogP contribution in [0.15, 0.2) is 42.9 Å². The molecule has 1 aromatic carbocycles. The molecule has 11 heteroatoms. The van der Waals surface area contributed by atoms with Crippen molar-refractivity contribution in [2.24, 2.45) is 0 Å². The van der Waals surface area contributed by atoms with E-state index in [1.165, 1.54) is 16.8 Å². The largest absolute Gasteiger partial charge is 0.473 e. The molecule has 9 nitrogen and oxygen atoms in total. The Labute approximate surface area is 199 Å². The predicted octanol–water partition coefficient (Wildman–Crippen LogP) is 3.75. The molecule has 0 saturated heterocycles. The van der Waals surface area contributed by atoms with Gasteiger partial charge in [-0.05, 0) is 25.1 Å². The first-order chi connectivity index (χ1) is 16.4. The first-order valence-electron chi connectivity index (χ1n) is 10.6. The third-order valence-electron chi connectivity index (χ3n) is 5.49. The Balaban J connectivity index is 1.67. The minimum Gasteiger partial charge on any atom is -0.473 e. The van der Waals surface area contributed by atoms with Crippen LogP contribution in [0.4, 0.5) is 15.9 Å². The molecule has 4 heterocycles. The number of hydrogen-bond donors (Lipinski definition) is 3. The van der Waals surface area contributed by atoms with E-state index in [0.717, 1.165) is 11.9 Å². The lowest BCUT2D eigenvalue weighted by atomic mass is 10.1. The summed E-state index contributed by atoms with van der Waals surface area (Å²) in [7, 11) is 1.81. The van der Waals surface area contributed by atoms with Crippen LogP contribution in [0.25, 0.3) is 16.8 Å². The molecule has 1 amide bonds. The van der Waals surface area contributed by atoms with Gasteiger partial charge in [-0.2, -0.15) is 5.10 Å². The summed E-state index contributed by atoms with van der Waals surface area (Å²) in [5.41, 5.74) is 3.43. The Morgan fingerprint density at radius 2 is 2.06 bits per heavy atom. The van der Waals surface area contributed by atoms with E-state index in [4.69, 9.17) is 21.3 Å². The Kier molecular flexibility index (Phi) is 5.66. The fourth-order valence-electron chi connectivity index (χ4n) is 3.74. The zero-order valence-electron chi connectivity index (χ0n) is 18.4. The van der Waals surface area contributed by atoms with E-state index in [1.54, 1.807) is 19.2 Å². The van der Waals surface area contributed by atoms with Gasteiger partial charge in [0.15, 0.2) is 5.65 Å². The van der Waals surface area contributed by atoms with Crippen molar-refractivity contribution in [3.05, 3.63) is 64.8 Å². The maximum atomic E-state index is 14.0. The molecular weight excluding hydrogens is 461 g/mol. The molecule has 174 valence electrons. The van der Waals surface area contributed by atoms with Crippen LogP contribution in [0.5, 0.6) is 5.88 Å². The molecule has 2 bridgehead atoms.